The number of hydrogen-bond acceptors (Lipinski definition) is 4. The van der Waals surface area contributed by atoms with Gasteiger partial charge in [-0.3, -0.25) is 14.6 Å². The number of hydrogen-bond donors (Lipinski definition) is 2. The van der Waals surface area contributed by atoms with Gasteiger partial charge in [0.2, 0.25) is 11.8 Å². The maximum Gasteiger partial charge on any atom is 0.240 e. The van der Waals surface area contributed by atoms with Crippen molar-refractivity contribution >= 4 is 46.0 Å². The minimum absolute atomic E-state index is 0.120. The topological polar surface area (TPSA) is 70.6 Å². The monoisotopic (exact) mass is 375 g/mol. The van der Waals surface area contributed by atoms with E-state index >= 15 is 0 Å². The first-order valence-corrected chi connectivity index (χ1v) is 9.61. The fraction of sp³-hybridized carbons (Fsp3) is 0.389. The zero-order valence-electron chi connectivity index (χ0n) is 13.4. The Labute approximate surface area is 155 Å². The second-order valence-electron chi connectivity index (χ2n) is 6.64. The first-order chi connectivity index (χ1) is 12.1. The smallest absolute Gasteiger partial charge is 0.240 e. The summed E-state index contributed by atoms with van der Waals surface area (Å²) in [5.41, 5.74) is 0.667. The SMILES string of the molecule is O=C(C[C@@H]1SC(=N[C@@H]2C[C@@H]3C=C[C@@H]2C3)NC1=O)Nc1ccc(Cl)cc1. The number of benzene rings is 1. The average molecular weight is 376 g/mol. The molecule has 2 N–H and O–H groups in total. The molecule has 1 heterocycles. The molecule has 2 aliphatic carbocycles. The van der Waals surface area contributed by atoms with Crippen molar-refractivity contribution in [3.05, 3.63) is 41.4 Å². The van der Waals surface area contributed by atoms with Gasteiger partial charge < -0.3 is 10.6 Å². The molecule has 3 aliphatic rings. The van der Waals surface area contributed by atoms with E-state index in [1.54, 1.807) is 24.3 Å². The molecule has 25 heavy (non-hydrogen) atoms. The Kier molecular flexibility index (Phi) is 4.56. The van der Waals surface area contributed by atoms with E-state index in [4.69, 9.17) is 16.6 Å². The first kappa shape index (κ1) is 16.7. The number of thioether (sulfide) groups is 1. The fourth-order valence-electron chi connectivity index (χ4n) is 3.57. The van der Waals surface area contributed by atoms with Gasteiger partial charge in [-0.2, -0.15) is 0 Å². The number of allylic oxidation sites excluding steroid dienone is 1. The lowest BCUT2D eigenvalue weighted by atomic mass is 10.0. The summed E-state index contributed by atoms with van der Waals surface area (Å²) < 4.78 is 0. The Morgan fingerprint density at radius 1 is 1.28 bits per heavy atom. The van der Waals surface area contributed by atoms with Crippen LogP contribution in [0.1, 0.15) is 19.3 Å². The normalized spacial score (nSPS) is 31.6. The zero-order chi connectivity index (χ0) is 17.4. The van der Waals surface area contributed by atoms with Gasteiger partial charge in [-0.1, -0.05) is 35.5 Å². The number of carbonyl (C=O) groups is 2. The number of aliphatic imine (C=N–C) groups is 1. The lowest BCUT2D eigenvalue weighted by Gasteiger charge is -2.13. The number of fused-ring (bicyclic) bond motifs is 2. The van der Waals surface area contributed by atoms with E-state index in [-0.39, 0.29) is 24.3 Å². The molecular formula is C18H18ClN3O2S. The summed E-state index contributed by atoms with van der Waals surface area (Å²) in [6, 6.07) is 7.15. The molecule has 1 saturated heterocycles. The molecule has 0 aromatic heterocycles. The highest BCUT2D eigenvalue weighted by Crippen LogP contribution is 2.41. The van der Waals surface area contributed by atoms with Gasteiger partial charge in [0.05, 0.1) is 6.04 Å². The van der Waals surface area contributed by atoms with Crippen LogP contribution in [0.5, 0.6) is 0 Å². The van der Waals surface area contributed by atoms with Crippen LogP contribution in [0.15, 0.2) is 41.4 Å². The number of anilines is 1. The Bertz CT molecular complexity index is 762. The van der Waals surface area contributed by atoms with Crippen molar-refractivity contribution in [3.63, 3.8) is 0 Å². The maximum atomic E-state index is 12.2. The Hall–Kier alpha value is -1.79. The number of nitrogens with one attached hydrogen (secondary N) is 2. The van der Waals surface area contributed by atoms with E-state index < -0.39 is 5.25 Å². The summed E-state index contributed by atoms with van der Waals surface area (Å²) >= 11 is 7.19. The lowest BCUT2D eigenvalue weighted by Crippen LogP contribution is -2.28. The third kappa shape index (κ3) is 3.75. The fourth-order valence-corrected chi connectivity index (χ4v) is 4.72. The molecule has 1 saturated carbocycles. The molecule has 1 aromatic rings. The molecule has 4 rings (SSSR count). The number of amidine groups is 1. The molecule has 2 fully saturated rings. The average Bonchev–Trinajstić information content (AvgIpc) is 3.27. The molecule has 7 heteroatoms. The van der Waals surface area contributed by atoms with Gasteiger partial charge in [0, 0.05) is 17.1 Å². The molecule has 0 spiro atoms. The van der Waals surface area contributed by atoms with Crippen molar-refractivity contribution in [3.8, 4) is 0 Å². The van der Waals surface area contributed by atoms with Gasteiger partial charge in [0.15, 0.2) is 5.17 Å². The van der Waals surface area contributed by atoms with Crippen molar-refractivity contribution in [1.82, 2.24) is 5.32 Å². The van der Waals surface area contributed by atoms with Gasteiger partial charge in [-0.25, -0.2) is 0 Å². The van der Waals surface area contributed by atoms with Gasteiger partial charge in [0.1, 0.15) is 5.25 Å². The number of carbonyl (C=O) groups excluding carboxylic acids is 2. The number of rotatable bonds is 4. The molecule has 2 amide bonds. The van der Waals surface area contributed by atoms with Crippen LogP contribution in [-0.2, 0) is 9.59 Å². The van der Waals surface area contributed by atoms with Gasteiger partial charge in [0.25, 0.3) is 0 Å². The molecule has 1 aromatic carbocycles. The summed E-state index contributed by atoms with van der Waals surface area (Å²) in [5.74, 6) is 0.803. The molecule has 0 radical (unpaired) electrons. The minimum atomic E-state index is -0.430. The summed E-state index contributed by atoms with van der Waals surface area (Å²) in [5, 5.41) is 6.44. The minimum Gasteiger partial charge on any atom is -0.326 e. The van der Waals surface area contributed by atoms with Crippen LogP contribution < -0.4 is 10.6 Å². The highest BCUT2D eigenvalue weighted by atomic mass is 35.5. The van der Waals surface area contributed by atoms with Gasteiger partial charge in [-0.05, 0) is 48.9 Å². The van der Waals surface area contributed by atoms with E-state index in [1.807, 2.05) is 0 Å². The Morgan fingerprint density at radius 2 is 2.08 bits per heavy atom. The molecule has 2 bridgehead atoms. The van der Waals surface area contributed by atoms with E-state index in [0.717, 1.165) is 6.42 Å². The predicted molar refractivity (Wildman–Crippen MR) is 101 cm³/mol. The molecule has 1 aliphatic heterocycles. The highest BCUT2D eigenvalue weighted by Gasteiger charge is 2.38. The van der Waals surface area contributed by atoms with Crippen molar-refractivity contribution in [2.45, 2.75) is 30.6 Å². The zero-order valence-corrected chi connectivity index (χ0v) is 15.0. The number of nitrogens with zero attached hydrogens (tertiary/aromatic N) is 1. The van der Waals surface area contributed by atoms with Crippen molar-refractivity contribution < 1.29 is 9.59 Å². The van der Waals surface area contributed by atoms with Gasteiger partial charge in [-0.15, -0.1) is 0 Å². The summed E-state index contributed by atoms with van der Waals surface area (Å²) in [4.78, 5) is 29.0. The number of halogens is 1. The molecular weight excluding hydrogens is 358 g/mol. The molecule has 130 valence electrons. The summed E-state index contributed by atoms with van der Waals surface area (Å²) in [7, 11) is 0. The third-order valence-electron chi connectivity index (χ3n) is 4.80. The standard InChI is InChI=1S/C18H18ClN3O2S/c19-12-3-5-13(6-4-12)20-16(23)9-15-17(24)22-18(25-15)21-14-8-10-1-2-11(14)7-10/h1-6,10-11,14-15H,7-9H2,(H,20,23)(H,21,22,24)/t10-,11-,14-,15+/m1/s1. The molecule has 4 atom stereocenters. The second-order valence-corrected chi connectivity index (χ2v) is 8.26. The van der Waals surface area contributed by atoms with Crippen molar-refractivity contribution in [1.29, 1.82) is 0 Å². The third-order valence-corrected chi connectivity index (χ3v) is 6.15. The quantitative estimate of drug-likeness (QED) is 0.794. The number of amides is 2. The lowest BCUT2D eigenvalue weighted by molar-refractivity contribution is -0.122. The van der Waals surface area contributed by atoms with Crippen molar-refractivity contribution in [2.24, 2.45) is 16.8 Å². The largest absolute Gasteiger partial charge is 0.326 e. The highest BCUT2D eigenvalue weighted by molar-refractivity contribution is 8.15. The predicted octanol–water partition coefficient (Wildman–Crippen LogP) is 3.22. The van der Waals surface area contributed by atoms with E-state index in [2.05, 4.69) is 22.8 Å². The molecule has 0 unspecified atom stereocenters. The maximum absolute atomic E-state index is 12.2. The van der Waals surface area contributed by atoms with E-state index in [9.17, 15) is 9.59 Å². The van der Waals surface area contributed by atoms with E-state index in [0.29, 0.717) is 27.7 Å². The van der Waals surface area contributed by atoms with Crippen LogP contribution in [0.2, 0.25) is 5.02 Å². The van der Waals surface area contributed by atoms with Crippen LogP contribution in [-0.4, -0.2) is 28.3 Å². The van der Waals surface area contributed by atoms with Crippen LogP contribution >= 0.6 is 23.4 Å². The van der Waals surface area contributed by atoms with Crippen LogP contribution in [0.4, 0.5) is 5.69 Å². The summed E-state index contributed by atoms with van der Waals surface area (Å²) in [6.45, 7) is 0. The van der Waals surface area contributed by atoms with E-state index in [1.165, 1.54) is 18.2 Å². The second kappa shape index (κ2) is 6.84. The van der Waals surface area contributed by atoms with Crippen LogP contribution in [0.25, 0.3) is 0 Å². The molecule has 5 nitrogen and oxygen atoms in total. The van der Waals surface area contributed by atoms with Crippen LogP contribution in [0.3, 0.4) is 0 Å². The Morgan fingerprint density at radius 3 is 2.76 bits per heavy atom. The Balaban J connectivity index is 1.33. The van der Waals surface area contributed by atoms with Crippen LogP contribution in [0, 0.1) is 11.8 Å². The van der Waals surface area contributed by atoms with Gasteiger partial charge >= 0.3 is 0 Å². The summed E-state index contributed by atoms with van der Waals surface area (Å²) in [6.07, 6.45) is 6.86. The first-order valence-electron chi connectivity index (χ1n) is 8.36. The van der Waals surface area contributed by atoms with Crippen molar-refractivity contribution in [2.75, 3.05) is 5.32 Å².